The molecular weight excluding hydrogens is 1140 g/mol. The van der Waals surface area contributed by atoms with E-state index in [1.54, 1.807) is 11.3 Å². The van der Waals surface area contributed by atoms with E-state index < -0.39 is 0 Å². The number of para-hydroxylation sites is 7. The zero-order valence-corrected chi connectivity index (χ0v) is 44.8. The van der Waals surface area contributed by atoms with Gasteiger partial charge in [-0.1, -0.05) is 133 Å². The first-order valence-electron chi connectivity index (χ1n) is 25.6. The normalized spacial score (nSPS) is 12.6. The number of aryl methyl sites for hydroxylation is 1. The van der Waals surface area contributed by atoms with E-state index in [1.165, 1.54) is 31.6 Å². The Labute approximate surface area is 461 Å². The van der Waals surface area contributed by atoms with Crippen LogP contribution in [-0.2, 0) is 21.1 Å². The van der Waals surface area contributed by atoms with Crippen LogP contribution >= 0.6 is 11.3 Å². The minimum absolute atomic E-state index is 0. The first-order valence-corrected chi connectivity index (χ1v) is 26.4. The average Bonchev–Trinajstić information content (AvgIpc) is 4.36. The van der Waals surface area contributed by atoms with E-state index in [2.05, 4.69) is 269 Å². The van der Waals surface area contributed by atoms with Crippen LogP contribution in [0, 0.1) is 25.7 Å². The minimum atomic E-state index is 0. The van der Waals surface area contributed by atoms with E-state index in [0.717, 1.165) is 105 Å². The molecule has 1 aliphatic rings. The second kappa shape index (κ2) is 17.6. The molecule has 370 valence electrons. The van der Waals surface area contributed by atoms with Crippen LogP contribution in [0.2, 0.25) is 0 Å². The van der Waals surface area contributed by atoms with Crippen LogP contribution in [0.4, 0.5) is 17.1 Å². The average molecular weight is 1190 g/mol. The van der Waals surface area contributed by atoms with Crippen molar-refractivity contribution in [1.29, 1.82) is 0 Å². The summed E-state index contributed by atoms with van der Waals surface area (Å²) in [6, 6.07) is 83.5. The van der Waals surface area contributed by atoms with Crippen LogP contribution in [0.15, 0.2) is 219 Å². The molecule has 16 rings (SSSR count). The molecule has 0 N–H and O–H groups in total. The Balaban J connectivity index is 0.00000518. The molecule has 0 unspecified atom stereocenters. The molecule has 1 aliphatic heterocycles. The van der Waals surface area contributed by atoms with Crippen molar-refractivity contribution >= 4 is 114 Å². The number of aromatic nitrogens is 4. The maximum Gasteiger partial charge on any atom is 0.135 e. The molecule has 0 spiro atoms. The molecule has 5 aromatic heterocycles. The van der Waals surface area contributed by atoms with Crippen molar-refractivity contribution in [2.75, 3.05) is 16.8 Å². The Hall–Kier alpha value is -8.94. The molecule has 0 saturated heterocycles. The van der Waals surface area contributed by atoms with Gasteiger partial charge in [-0.15, -0.1) is 40.7 Å². The smallest absolute Gasteiger partial charge is 0.135 e. The van der Waals surface area contributed by atoms with E-state index in [0.29, 0.717) is 11.5 Å². The number of hydrogen-bond donors (Lipinski definition) is 0. The number of thiophene rings is 1. The summed E-state index contributed by atoms with van der Waals surface area (Å²) in [5.41, 5.74) is 15.0. The first-order chi connectivity index (χ1) is 37.5. The number of hydrogen-bond acceptors (Lipinski definition) is 5. The van der Waals surface area contributed by atoms with E-state index in [-0.39, 0.29) is 21.1 Å². The molecule has 10 aromatic carbocycles. The van der Waals surface area contributed by atoms with Crippen molar-refractivity contribution in [3.63, 3.8) is 0 Å². The number of benzene rings is 10. The van der Waals surface area contributed by atoms with E-state index in [9.17, 15) is 0 Å². The minimum Gasteiger partial charge on any atom is -0.508 e. The van der Waals surface area contributed by atoms with Gasteiger partial charge in [0.25, 0.3) is 0 Å². The Morgan fingerprint density at radius 1 is 0.481 bits per heavy atom. The van der Waals surface area contributed by atoms with Gasteiger partial charge in [0.15, 0.2) is 0 Å². The maximum absolute atomic E-state index is 7.06. The third-order valence-corrected chi connectivity index (χ3v) is 16.6. The number of anilines is 3. The molecule has 0 amide bonds. The summed E-state index contributed by atoms with van der Waals surface area (Å²) in [6.07, 6.45) is 2.08. The van der Waals surface area contributed by atoms with Crippen molar-refractivity contribution in [3.05, 3.63) is 243 Å². The zero-order valence-electron chi connectivity index (χ0n) is 41.7. The summed E-state index contributed by atoms with van der Waals surface area (Å²) in [4.78, 5) is 9.83. The van der Waals surface area contributed by atoms with E-state index >= 15 is 0 Å². The van der Waals surface area contributed by atoms with Gasteiger partial charge in [0.1, 0.15) is 5.82 Å². The molecule has 6 heterocycles. The SMILES string of the molecule is Cc1cc(-n2c3[c-]c(Oc4[c-]c(N5[CH-]N(C)c6ccccc65)cc5c4sc4ccccc45)ccc3c3ccccc32)ncc1-c1c(-n2c3ccccc3c3ccccc32)cccc1-n1c2ccccc2c2ccccc21.[Pt]. The number of rotatable bonds is 7. The van der Waals surface area contributed by atoms with Crippen LogP contribution in [0.25, 0.3) is 114 Å². The second-order valence-electron chi connectivity index (χ2n) is 19.7. The molecule has 0 radical (unpaired) electrons. The maximum atomic E-state index is 7.06. The van der Waals surface area contributed by atoms with Gasteiger partial charge in [-0.25, -0.2) is 16.3 Å². The number of ether oxygens (including phenoxy) is 1. The van der Waals surface area contributed by atoms with Crippen molar-refractivity contribution < 1.29 is 25.8 Å². The van der Waals surface area contributed by atoms with Gasteiger partial charge in [0, 0.05) is 93.0 Å². The van der Waals surface area contributed by atoms with E-state index in [1.807, 2.05) is 6.07 Å². The van der Waals surface area contributed by atoms with Gasteiger partial charge in [-0.05, 0) is 102 Å². The molecule has 9 heteroatoms. The Morgan fingerprint density at radius 3 is 1.58 bits per heavy atom. The van der Waals surface area contributed by atoms with Crippen molar-refractivity contribution in [2.24, 2.45) is 0 Å². The topological polar surface area (TPSA) is 43.4 Å². The summed E-state index contributed by atoms with van der Waals surface area (Å²) in [5, 5.41) is 9.34. The molecule has 0 saturated carbocycles. The number of nitrogens with zero attached hydrogens (tertiary/aromatic N) is 6. The van der Waals surface area contributed by atoms with Gasteiger partial charge in [0.2, 0.25) is 0 Å². The fourth-order valence-electron chi connectivity index (χ4n) is 12.1. The second-order valence-corrected chi connectivity index (χ2v) is 20.8. The van der Waals surface area contributed by atoms with Crippen molar-refractivity contribution in [1.82, 2.24) is 18.7 Å². The molecule has 15 aromatic rings. The van der Waals surface area contributed by atoms with Crippen LogP contribution in [0.1, 0.15) is 5.56 Å². The van der Waals surface area contributed by atoms with Gasteiger partial charge in [-0.2, -0.15) is 12.7 Å². The zero-order chi connectivity index (χ0) is 50.2. The fourth-order valence-corrected chi connectivity index (χ4v) is 13.2. The van der Waals surface area contributed by atoms with E-state index in [4.69, 9.17) is 9.72 Å². The third-order valence-electron chi connectivity index (χ3n) is 15.5. The number of pyridine rings is 1. The monoisotopic (exact) mass is 1190 g/mol. The van der Waals surface area contributed by atoms with Gasteiger partial charge < -0.3 is 28.2 Å². The van der Waals surface area contributed by atoms with Gasteiger partial charge in [0.05, 0.1) is 33.4 Å². The Bertz CT molecular complexity index is 4670. The Morgan fingerprint density at radius 2 is 0.987 bits per heavy atom. The van der Waals surface area contributed by atoms with Gasteiger partial charge in [-0.3, -0.25) is 0 Å². The molecular formula is C68H43N6OPtS-3. The predicted molar refractivity (Wildman–Crippen MR) is 316 cm³/mol. The Kier molecular flexibility index (Phi) is 10.4. The summed E-state index contributed by atoms with van der Waals surface area (Å²) in [7, 11) is 2.08. The van der Waals surface area contributed by atoms with Crippen LogP contribution < -0.4 is 14.5 Å². The molecule has 77 heavy (non-hydrogen) atoms. The predicted octanol–water partition coefficient (Wildman–Crippen LogP) is 17.8. The van der Waals surface area contributed by atoms with Gasteiger partial charge >= 0.3 is 0 Å². The van der Waals surface area contributed by atoms with Crippen molar-refractivity contribution in [2.45, 2.75) is 6.92 Å². The summed E-state index contributed by atoms with van der Waals surface area (Å²) >= 11 is 1.73. The summed E-state index contributed by atoms with van der Waals surface area (Å²) in [5.74, 6) is 2.05. The van der Waals surface area contributed by atoms with Crippen LogP contribution in [0.3, 0.4) is 0 Å². The quantitative estimate of drug-likeness (QED) is 0.149. The van der Waals surface area contributed by atoms with Crippen LogP contribution in [0.5, 0.6) is 11.5 Å². The van der Waals surface area contributed by atoms with Crippen molar-refractivity contribution in [3.8, 4) is 39.8 Å². The van der Waals surface area contributed by atoms with Crippen LogP contribution in [-0.4, -0.2) is 25.7 Å². The summed E-state index contributed by atoms with van der Waals surface area (Å²) in [6.45, 7) is 4.34. The molecule has 0 bridgehead atoms. The molecule has 0 fully saturated rings. The first kappa shape index (κ1) is 45.5. The number of fused-ring (bicyclic) bond motifs is 13. The molecule has 7 nitrogen and oxygen atoms in total. The fraction of sp³-hybridized carbons (Fsp3) is 0.0294. The standard InChI is InChI=1S/C68H43N6OS.Pt/c1-42-36-66(69-40-53(42)67-61(72-54-24-9-3-18-45(54)46-19-4-10-25-55(46)72)31-17-32-62(67)73-56-26-11-5-20-47(56)48-21-6-12-27-57(48)73)74-58-28-13-7-22-49(58)50-35-34-44(39-63(50)74)75-64-38-43(71-41-70(2)59-29-14-15-30-60(59)71)37-52-51-23-8-16-33-65(51)76-68(52)64;/h3-37,40-41H,1-2H3;/q-3;. The molecule has 0 aliphatic carbocycles. The summed E-state index contributed by atoms with van der Waals surface area (Å²) < 4.78 is 16.4. The molecule has 0 atom stereocenters. The third kappa shape index (κ3) is 6.82. The largest absolute Gasteiger partial charge is 0.508 e.